The molecule has 10 heteroatoms. The minimum atomic E-state index is -4.52. The Morgan fingerprint density at radius 3 is 1.23 bits per heavy atom. The first-order valence-electron chi connectivity index (χ1n) is 26.2. The number of phosphoric ester groups is 1. The van der Waals surface area contributed by atoms with Crippen molar-refractivity contribution >= 4 is 13.8 Å². The summed E-state index contributed by atoms with van der Waals surface area (Å²) in [5.41, 5.74) is 0. The van der Waals surface area contributed by atoms with Gasteiger partial charge in [0.25, 0.3) is 0 Å². The molecule has 0 amide bonds. The molecular formula is C51H101O9P. The highest BCUT2D eigenvalue weighted by molar-refractivity contribution is 7.47. The summed E-state index contributed by atoms with van der Waals surface area (Å²) in [7, 11) is -4.52. The summed E-state index contributed by atoms with van der Waals surface area (Å²) in [6, 6.07) is 0. The van der Waals surface area contributed by atoms with Gasteiger partial charge in [-0.1, -0.05) is 231 Å². The molecule has 0 radical (unpaired) electrons. The van der Waals surface area contributed by atoms with Crippen LogP contribution in [-0.4, -0.2) is 66.3 Å². The van der Waals surface area contributed by atoms with Crippen LogP contribution < -0.4 is 0 Å². The van der Waals surface area contributed by atoms with Gasteiger partial charge in [0, 0.05) is 13.0 Å². The van der Waals surface area contributed by atoms with E-state index in [0.717, 1.165) is 38.5 Å². The first-order chi connectivity index (χ1) is 29.8. The SMILES string of the molecule is CCCCCCCC/C=C\CCCCCCCCCCOCC(COP(=O)(O)OCC(O)CO)OC(=O)CCCCCCCCCCCCCCCCCCCCCCCC. The summed E-state index contributed by atoms with van der Waals surface area (Å²) >= 11 is 0. The van der Waals surface area contributed by atoms with Gasteiger partial charge in [0.05, 0.1) is 26.4 Å². The largest absolute Gasteiger partial charge is 0.472 e. The van der Waals surface area contributed by atoms with Crippen LogP contribution in [0.3, 0.4) is 0 Å². The molecule has 0 saturated carbocycles. The molecule has 0 aromatic heterocycles. The van der Waals surface area contributed by atoms with Crippen molar-refractivity contribution in [1.29, 1.82) is 0 Å². The van der Waals surface area contributed by atoms with Crippen molar-refractivity contribution in [3.05, 3.63) is 12.2 Å². The number of esters is 1. The Labute approximate surface area is 377 Å². The molecule has 61 heavy (non-hydrogen) atoms. The van der Waals surface area contributed by atoms with Gasteiger partial charge in [-0.05, 0) is 38.5 Å². The van der Waals surface area contributed by atoms with E-state index in [4.69, 9.17) is 23.6 Å². The lowest BCUT2D eigenvalue weighted by Crippen LogP contribution is -2.29. The Morgan fingerprint density at radius 1 is 0.492 bits per heavy atom. The fraction of sp³-hybridized carbons (Fsp3) is 0.941. The molecule has 0 heterocycles. The van der Waals surface area contributed by atoms with Gasteiger partial charge in [0.1, 0.15) is 12.2 Å². The number of hydrogen-bond acceptors (Lipinski definition) is 8. The fourth-order valence-corrected chi connectivity index (χ4v) is 8.50. The third-order valence-electron chi connectivity index (χ3n) is 11.7. The van der Waals surface area contributed by atoms with E-state index in [0.29, 0.717) is 6.61 Å². The maximum absolute atomic E-state index is 12.7. The number of unbranched alkanes of at least 4 members (excludes halogenated alkanes) is 35. The standard InChI is InChI=1S/C51H101O9P/c1-3-5-7-9-11-13-15-17-19-21-23-24-25-26-27-29-31-33-35-37-39-41-43-51(54)60-50(48-59-61(55,56)58-46-49(53)45-52)47-57-44-42-40-38-36-34-32-30-28-22-20-18-16-14-12-10-8-6-4-2/h18,20,49-50,52-53H,3-17,19,21-48H2,1-2H3,(H,55,56)/b20-18-. The first kappa shape index (κ1) is 60.2. The fourth-order valence-electron chi connectivity index (χ4n) is 7.71. The van der Waals surface area contributed by atoms with Crippen molar-refractivity contribution in [2.45, 2.75) is 276 Å². The Balaban J connectivity index is 4.02. The molecule has 0 aliphatic heterocycles. The van der Waals surface area contributed by atoms with Crippen LogP contribution in [0.4, 0.5) is 0 Å². The lowest BCUT2D eigenvalue weighted by molar-refractivity contribution is -0.154. The van der Waals surface area contributed by atoms with E-state index in [2.05, 4.69) is 26.0 Å². The second-order valence-electron chi connectivity index (χ2n) is 17.9. The normalized spacial score (nSPS) is 13.9. The zero-order chi connectivity index (χ0) is 44.6. The quantitative estimate of drug-likeness (QED) is 0.0236. The van der Waals surface area contributed by atoms with Crippen LogP contribution in [0, 0.1) is 0 Å². The maximum atomic E-state index is 12.7. The number of carbonyl (C=O) groups excluding carboxylic acids is 1. The average molecular weight is 889 g/mol. The molecular weight excluding hydrogens is 788 g/mol. The van der Waals surface area contributed by atoms with Crippen LogP contribution in [0.25, 0.3) is 0 Å². The molecule has 9 nitrogen and oxygen atoms in total. The van der Waals surface area contributed by atoms with E-state index >= 15 is 0 Å². The summed E-state index contributed by atoms with van der Waals surface area (Å²) in [5.74, 6) is -0.376. The van der Waals surface area contributed by atoms with Gasteiger partial charge in [0.2, 0.25) is 0 Å². The topological polar surface area (TPSA) is 132 Å². The predicted molar refractivity (Wildman–Crippen MR) is 256 cm³/mol. The van der Waals surface area contributed by atoms with Crippen molar-refractivity contribution < 1.29 is 43.0 Å². The predicted octanol–water partition coefficient (Wildman–Crippen LogP) is 15.2. The van der Waals surface area contributed by atoms with Crippen LogP contribution in [-0.2, 0) is 27.9 Å². The van der Waals surface area contributed by atoms with Crippen molar-refractivity contribution in [2.24, 2.45) is 0 Å². The molecule has 0 spiro atoms. The lowest BCUT2D eigenvalue weighted by atomic mass is 10.0. The van der Waals surface area contributed by atoms with Crippen molar-refractivity contribution in [2.75, 3.05) is 33.0 Å². The van der Waals surface area contributed by atoms with Crippen LogP contribution in [0.5, 0.6) is 0 Å². The number of carbonyl (C=O) groups is 1. The van der Waals surface area contributed by atoms with Crippen LogP contribution in [0.15, 0.2) is 12.2 Å². The Kier molecular flexibility index (Phi) is 48.0. The third kappa shape index (κ3) is 48.5. The minimum Gasteiger partial charge on any atom is -0.457 e. The van der Waals surface area contributed by atoms with Crippen LogP contribution in [0.2, 0.25) is 0 Å². The van der Waals surface area contributed by atoms with Gasteiger partial charge in [-0.3, -0.25) is 13.8 Å². The number of allylic oxidation sites excluding steroid dienone is 2. The highest BCUT2D eigenvalue weighted by atomic mass is 31.2. The summed E-state index contributed by atoms with van der Waals surface area (Å²) in [6.45, 7) is 3.58. The summed E-state index contributed by atoms with van der Waals surface area (Å²) in [5, 5.41) is 18.4. The molecule has 0 rings (SSSR count). The molecule has 0 aromatic carbocycles. The number of aliphatic hydroxyl groups excluding tert-OH is 2. The van der Waals surface area contributed by atoms with Crippen molar-refractivity contribution in [3.63, 3.8) is 0 Å². The third-order valence-corrected chi connectivity index (χ3v) is 12.7. The molecule has 364 valence electrons. The summed E-state index contributed by atoms with van der Waals surface area (Å²) < 4.78 is 33.5. The molecule has 3 atom stereocenters. The van der Waals surface area contributed by atoms with Crippen molar-refractivity contribution in [1.82, 2.24) is 0 Å². The zero-order valence-corrected chi connectivity index (χ0v) is 41.1. The summed E-state index contributed by atoms with van der Waals surface area (Å²) in [4.78, 5) is 22.7. The van der Waals surface area contributed by atoms with Gasteiger partial charge in [-0.25, -0.2) is 4.57 Å². The lowest BCUT2D eigenvalue weighted by Gasteiger charge is -2.20. The van der Waals surface area contributed by atoms with Gasteiger partial charge >= 0.3 is 13.8 Å². The number of hydrogen-bond donors (Lipinski definition) is 3. The van der Waals surface area contributed by atoms with Gasteiger partial charge in [0.15, 0.2) is 0 Å². The maximum Gasteiger partial charge on any atom is 0.472 e. The van der Waals surface area contributed by atoms with E-state index in [1.165, 1.54) is 205 Å². The van der Waals surface area contributed by atoms with Gasteiger partial charge < -0.3 is 24.6 Å². The number of phosphoric acid groups is 1. The molecule has 0 aliphatic rings. The van der Waals surface area contributed by atoms with E-state index in [1.54, 1.807) is 0 Å². The Hall–Kier alpha value is -0.800. The van der Waals surface area contributed by atoms with Crippen LogP contribution >= 0.6 is 7.82 Å². The number of aliphatic hydroxyl groups is 2. The minimum absolute atomic E-state index is 0.0533. The second-order valence-corrected chi connectivity index (χ2v) is 19.4. The molecule has 0 fully saturated rings. The van der Waals surface area contributed by atoms with Gasteiger partial charge in [-0.2, -0.15) is 0 Å². The molecule has 0 saturated heterocycles. The number of rotatable bonds is 51. The molecule has 3 unspecified atom stereocenters. The monoisotopic (exact) mass is 889 g/mol. The molecule has 3 N–H and O–H groups in total. The van der Waals surface area contributed by atoms with E-state index in [9.17, 15) is 19.4 Å². The molecule has 0 aliphatic carbocycles. The van der Waals surface area contributed by atoms with Crippen LogP contribution in [0.1, 0.15) is 264 Å². The van der Waals surface area contributed by atoms with Gasteiger partial charge in [-0.15, -0.1) is 0 Å². The average Bonchev–Trinajstić information content (AvgIpc) is 3.25. The Morgan fingerprint density at radius 2 is 0.836 bits per heavy atom. The van der Waals surface area contributed by atoms with E-state index in [1.807, 2.05) is 0 Å². The second kappa shape index (κ2) is 48.7. The van der Waals surface area contributed by atoms with Crippen molar-refractivity contribution in [3.8, 4) is 0 Å². The number of ether oxygens (including phenoxy) is 2. The van der Waals surface area contributed by atoms with E-state index in [-0.39, 0.29) is 25.6 Å². The zero-order valence-electron chi connectivity index (χ0n) is 40.2. The summed E-state index contributed by atoms with van der Waals surface area (Å²) in [6.07, 6.45) is 51.8. The smallest absolute Gasteiger partial charge is 0.457 e. The van der Waals surface area contributed by atoms with E-state index < -0.39 is 33.2 Å². The molecule has 0 bridgehead atoms. The highest BCUT2D eigenvalue weighted by Gasteiger charge is 2.26. The first-order valence-corrected chi connectivity index (χ1v) is 27.7. The Bertz CT molecular complexity index is 964. The highest BCUT2D eigenvalue weighted by Crippen LogP contribution is 2.43. The molecule has 0 aromatic rings.